The van der Waals surface area contributed by atoms with Gasteiger partial charge in [0.2, 0.25) is 11.7 Å². The quantitative estimate of drug-likeness (QED) is 0.350. The van der Waals surface area contributed by atoms with E-state index >= 15 is 0 Å². The summed E-state index contributed by atoms with van der Waals surface area (Å²) in [5, 5.41) is 10.3. The number of anilines is 1. The first-order valence-electron chi connectivity index (χ1n) is 9.47. The maximum absolute atomic E-state index is 13.4. The molecule has 0 spiro atoms. The van der Waals surface area contributed by atoms with E-state index in [0.717, 1.165) is 17.1 Å². The number of thioether (sulfide) groups is 1. The predicted molar refractivity (Wildman–Crippen MR) is 119 cm³/mol. The molecule has 0 aliphatic carbocycles. The van der Waals surface area contributed by atoms with E-state index in [2.05, 4.69) is 6.07 Å². The zero-order valence-corrected chi connectivity index (χ0v) is 17.4. The number of allylic oxidation sites excluding steroid dienone is 1. The molecule has 6 heteroatoms. The third-order valence-corrected chi connectivity index (χ3v) is 6.09. The number of Topliss-reactive ketones (excluding diaryl/α,β-unsaturated/α-hetero) is 1. The second kappa shape index (κ2) is 8.05. The van der Waals surface area contributed by atoms with Crippen molar-refractivity contribution in [1.82, 2.24) is 4.57 Å². The average molecular weight is 414 g/mol. The van der Waals surface area contributed by atoms with E-state index in [-0.39, 0.29) is 23.0 Å². The minimum Gasteiger partial charge on any atom is -0.318 e. The molecular weight excluding hydrogens is 394 g/mol. The molecule has 0 saturated carbocycles. The van der Waals surface area contributed by atoms with Crippen molar-refractivity contribution in [3.63, 3.8) is 0 Å². The van der Waals surface area contributed by atoms with Gasteiger partial charge in [0.05, 0.1) is 5.75 Å². The summed E-state index contributed by atoms with van der Waals surface area (Å²) in [6.45, 7) is 3.80. The zero-order chi connectivity index (χ0) is 21.3. The van der Waals surface area contributed by atoms with Crippen molar-refractivity contribution in [1.29, 1.82) is 5.26 Å². The lowest BCUT2D eigenvalue weighted by Gasteiger charge is -2.18. The molecular formula is C24H19N3O2S. The average Bonchev–Trinajstić information content (AvgIpc) is 3.29. The van der Waals surface area contributed by atoms with Gasteiger partial charge in [0.25, 0.3) is 0 Å². The molecule has 0 bridgehead atoms. The normalized spacial score (nSPS) is 15.2. The summed E-state index contributed by atoms with van der Waals surface area (Å²) in [6.07, 6.45) is 0. The minimum atomic E-state index is -0.370. The van der Waals surface area contributed by atoms with E-state index in [1.807, 2.05) is 66.9 Å². The van der Waals surface area contributed by atoms with Crippen LogP contribution in [0.25, 0.3) is 5.69 Å². The van der Waals surface area contributed by atoms with Gasteiger partial charge < -0.3 is 4.57 Å². The highest BCUT2D eigenvalue weighted by Gasteiger charge is 2.34. The third-order valence-electron chi connectivity index (χ3n) is 5.04. The topological polar surface area (TPSA) is 66.1 Å². The lowest BCUT2D eigenvalue weighted by molar-refractivity contribution is -0.115. The molecule has 1 saturated heterocycles. The largest absolute Gasteiger partial charge is 0.318 e. The SMILES string of the molecule is Cc1cc(C(=O)C(C#N)=C2SCC(=O)N2c2ccccc2)c(C)n1-c1ccccc1. The Bertz CT molecular complexity index is 1200. The van der Waals surface area contributed by atoms with Crippen LogP contribution in [-0.4, -0.2) is 22.0 Å². The Morgan fingerprint density at radius 1 is 1.00 bits per heavy atom. The molecule has 5 nitrogen and oxygen atoms in total. The molecule has 0 atom stereocenters. The van der Waals surface area contributed by atoms with Gasteiger partial charge in [0.15, 0.2) is 0 Å². The van der Waals surface area contributed by atoms with Crippen LogP contribution in [0, 0.1) is 25.2 Å². The number of hydrogen-bond acceptors (Lipinski definition) is 4. The number of ketones is 1. The summed E-state index contributed by atoms with van der Waals surface area (Å²) < 4.78 is 1.99. The van der Waals surface area contributed by atoms with E-state index in [1.54, 1.807) is 18.2 Å². The van der Waals surface area contributed by atoms with Crippen molar-refractivity contribution in [2.75, 3.05) is 10.7 Å². The van der Waals surface area contributed by atoms with Crippen LogP contribution in [-0.2, 0) is 4.79 Å². The van der Waals surface area contributed by atoms with Crippen LogP contribution >= 0.6 is 11.8 Å². The van der Waals surface area contributed by atoms with Gasteiger partial charge in [-0.3, -0.25) is 14.5 Å². The maximum Gasteiger partial charge on any atom is 0.242 e. The van der Waals surface area contributed by atoms with Crippen molar-refractivity contribution >= 4 is 29.1 Å². The highest BCUT2D eigenvalue weighted by molar-refractivity contribution is 8.04. The molecule has 30 heavy (non-hydrogen) atoms. The van der Waals surface area contributed by atoms with Crippen LogP contribution in [0.4, 0.5) is 5.69 Å². The molecule has 1 amide bonds. The van der Waals surface area contributed by atoms with Gasteiger partial charge >= 0.3 is 0 Å². The number of amides is 1. The number of hydrogen-bond donors (Lipinski definition) is 0. The Morgan fingerprint density at radius 2 is 1.60 bits per heavy atom. The predicted octanol–water partition coefficient (Wildman–Crippen LogP) is 4.79. The summed E-state index contributed by atoms with van der Waals surface area (Å²) >= 11 is 1.23. The minimum absolute atomic E-state index is 0.0111. The van der Waals surface area contributed by atoms with Crippen LogP contribution in [0.15, 0.2) is 77.3 Å². The lowest BCUT2D eigenvalue weighted by Crippen LogP contribution is -2.25. The van der Waals surface area contributed by atoms with Crippen LogP contribution in [0.1, 0.15) is 21.7 Å². The van der Waals surface area contributed by atoms with Crippen molar-refractivity contribution in [3.8, 4) is 11.8 Å². The van der Waals surface area contributed by atoms with Gasteiger partial charge in [0.1, 0.15) is 16.7 Å². The van der Waals surface area contributed by atoms with Gasteiger partial charge in [-0.15, -0.1) is 0 Å². The van der Waals surface area contributed by atoms with Gasteiger partial charge in [-0.05, 0) is 44.2 Å². The zero-order valence-electron chi connectivity index (χ0n) is 16.6. The first kappa shape index (κ1) is 19.7. The smallest absolute Gasteiger partial charge is 0.242 e. The molecule has 1 aromatic heterocycles. The molecule has 0 unspecified atom stereocenters. The van der Waals surface area contributed by atoms with E-state index in [9.17, 15) is 14.9 Å². The van der Waals surface area contributed by atoms with Crippen LogP contribution in [0.5, 0.6) is 0 Å². The Morgan fingerprint density at radius 3 is 2.20 bits per heavy atom. The van der Waals surface area contributed by atoms with Crippen LogP contribution in [0.3, 0.4) is 0 Å². The molecule has 2 heterocycles. The molecule has 0 N–H and O–H groups in total. The Balaban J connectivity index is 1.81. The molecule has 1 aliphatic rings. The highest BCUT2D eigenvalue weighted by Crippen LogP contribution is 2.37. The molecule has 1 fully saturated rings. The highest BCUT2D eigenvalue weighted by atomic mass is 32.2. The van der Waals surface area contributed by atoms with E-state index in [4.69, 9.17) is 0 Å². The third kappa shape index (κ3) is 3.34. The molecule has 3 aromatic rings. The monoisotopic (exact) mass is 413 g/mol. The summed E-state index contributed by atoms with van der Waals surface area (Å²) in [5.41, 5.74) is 3.72. The van der Waals surface area contributed by atoms with Gasteiger partial charge in [-0.1, -0.05) is 48.2 Å². The van der Waals surface area contributed by atoms with E-state index in [0.29, 0.717) is 16.3 Å². The number of carbonyl (C=O) groups is 2. The summed E-state index contributed by atoms with van der Waals surface area (Å²) in [7, 11) is 0. The molecule has 4 rings (SSSR count). The number of carbonyl (C=O) groups excluding carboxylic acids is 2. The molecule has 1 aliphatic heterocycles. The maximum atomic E-state index is 13.4. The van der Waals surface area contributed by atoms with Crippen molar-refractivity contribution in [3.05, 3.63) is 94.3 Å². The van der Waals surface area contributed by atoms with Crippen molar-refractivity contribution in [2.24, 2.45) is 0 Å². The number of rotatable bonds is 4. The first-order chi connectivity index (χ1) is 14.5. The van der Waals surface area contributed by atoms with E-state index in [1.165, 1.54) is 16.7 Å². The lowest BCUT2D eigenvalue weighted by atomic mass is 10.0. The molecule has 0 radical (unpaired) electrons. The standard InChI is InChI=1S/C24H19N3O2S/c1-16-13-20(17(2)26(16)18-9-5-3-6-10-18)23(29)21(14-25)24-27(22(28)15-30-24)19-11-7-4-8-12-19/h3-13H,15H2,1-2H3. The van der Waals surface area contributed by atoms with Gasteiger partial charge in [-0.2, -0.15) is 5.26 Å². The second-order valence-electron chi connectivity index (χ2n) is 6.93. The number of para-hydroxylation sites is 2. The Kier molecular flexibility index (Phi) is 5.30. The van der Waals surface area contributed by atoms with E-state index < -0.39 is 0 Å². The van der Waals surface area contributed by atoms with Gasteiger partial charge in [-0.25, -0.2) is 0 Å². The van der Waals surface area contributed by atoms with Gasteiger partial charge in [0, 0.05) is 28.3 Å². The van der Waals surface area contributed by atoms with Crippen molar-refractivity contribution in [2.45, 2.75) is 13.8 Å². The number of aromatic nitrogens is 1. The summed E-state index contributed by atoms with van der Waals surface area (Å²) in [4.78, 5) is 27.4. The van der Waals surface area contributed by atoms with Crippen LogP contribution in [0.2, 0.25) is 0 Å². The fraction of sp³-hybridized carbons (Fsp3) is 0.125. The van der Waals surface area contributed by atoms with Crippen LogP contribution < -0.4 is 4.90 Å². The number of benzene rings is 2. The number of nitriles is 1. The first-order valence-corrected chi connectivity index (χ1v) is 10.5. The summed E-state index contributed by atoms with van der Waals surface area (Å²) in [5.74, 6) is -0.312. The Hall–Kier alpha value is -3.56. The number of aryl methyl sites for hydroxylation is 1. The second-order valence-corrected chi connectivity index (χ2v) is 7.89. The number of nitrogens with zero attached hydrogens (tertiary/aromatic N) is 3. The summed E-state index contributed by atoms with van der Waals surface area (Å²) in [6, 6.07) is 22.7. The molecule has 2 aromatic carbocycles. The molecule has 148 valence electrons. The fourth-order valence-corrected chi connectivity index (χ4v) is 4.70. The van der Waals surface area contributed by atoms with Crippen molar-refractivity contribution < 1.29 is 9.59 Å². The fourth-order valence-electron chi connectivity index (χ4n) is 3.69. The Labute approximate surface area is 179 Å².